The molecule has 0 aliphatic rings. The first-order valence-electron chi connectivity index (χ1n) is 10.0. The molecule has 0 atom stereocenters. The van der Waals surface area contributed by atoms with Crippen molar-refractivity contribution in [3.8, 4) is 11.5 Å². The van der Waals surface area contributed by atoms with Gasteiger partial charge in [0.1, 0.15) is 0 Å². The lowest BCUT2D eigenvalue weighted by molar-refractivity contribution is 0.287. The third-order valence-corrected chi connectivity index (χ3v) is 7.03. The summed E-state index contributed by atoms with van der Waals surface area (Å²) in [6.07, 6.45) is 0. The van der Waals surface area contributed by atoms with Crippen molar-refractivity contribution in [2.24, 2.45) is 0 Å². The Morgan fingerprint density at radius 3 is 2.00 bits per heavy atom. The van der Waals surface area contributed by atoms with E-state index < -0.39 is 20.0 Å². The number of sulfonamides is 2. The van der Waals surface area contributed by atoms with Crippen LogP contribution in [0.1, 0.15) is 38.8 Å². The minimum atomic E-state index is -3.77. The van der Waals surface area contributed by atoms with E-state index in [4.69, 9.17) is 9.47 Å². The predicted molar refractivity (Wildman–Crippen MR) is 120 cm³/mol. The van der Waals surface area contributed by atoms with Crippen LogP contribution in [0.15, 0.2) is 47.4 Å². The van der Waals surface area contributed by atoms with Crippen molar-refractivity contribution in [1.82, 2.24) is 9.44 Å². The van der Waals surface area contributed by atoms with Crippen molar-refractivity contribution < 1.29 is 26.3 Å². The Labute approximate surface area is 185 Å². The van der Waals surface area contributed by atoms with Gasteiger partial charge in [0.25, 0.3) is 0 Å². The molecule has 172 valence electrons. The summed E-state index contributed by atoms with van der Waals surface area (Å²) in [6, 6.07) is 11.0. The Hall–Kier alpha value is -2.14. The van der Waals surface area contributed by atoms with Crippen LogP contribution in [0.3, 0.4) is 0 Å². The first-order valence-corrected chi connectivity index (χ1v) is 13.2. The molecule has 2 N–H and O–H groups in total. The van der Waals surface area contributed by atoms with Gasteiger partial charge in [-0.3, -0.25) is 0 Å². The lowest BCUT2D eigenvalue weighted by atomic mass is 10.1. The second kappa shape index (κ2) is 10.9. The van der Waals surface area contributed by atoms with E-state index in [-0.39, 0.29) is 23.2 Å². The number of rotatable bonds is 12. The maximum atomic E-state index is 12.7. The molecule has 0 radical (unpaired) electrons. The summed E-state index contributed by atoms with van der Waals surface area (Å²) < 4.78 is 65.5. The van der Waals surface area contributed by atoms with Gasteiger partial charge in [-0.15, -0.1) is 0 Å². The highest BCUT2D eigenvalue weighted by Crippen LogP contribution is 2.30. The first kappa shape index (κ1) is 25.1. The summed E-state index contributed by atoms with van der Waals surface area (Å²) >= 11 is 0. The Morgan fingerprint density at radius 2 is 1.42 bits per heavy atom. The minimum absolute atomic E-state index is 0.0663. The largest absolute Gasteiger partial charge is 0.490 e. The summed E-state index contributed by atoms with van der Waals surface area (Å²) in [7, 11) is -7.19. The molecule has 8 nitrogen and oxygen atoms in total. The van der Waals surface area contributed by atoms with Crippen LogP contribution in [-0.4, -0.2) is 36.1 Å². The Morgan fingerprint density at radius 1 is 0.839 bits per heavy atom. The third kappa shape index (κ3) is 7.80. The SMILES string of the molecule is CCOc1ccc(S(=O)(=O)NCc2ccc(CS(=O)(=O)NC(C)C)cc2)cc1OCC. The van der Waals surface area contributed by atoms with Crippen molar-refractivity contribution in [1.29, 1.82) is 0 Å². The molecule has 0 aliphatic heterocycles. The molecule has 0 heterocycles. The molecule has 0 unspecified atom stereocenters. The van der Waals surface area contributed by atoms with Crippen molar-refractivity contribution in [3.05, 3.63) is 53.6 Å². The maximum absolute atomic E-state index is 12.7. The standard InChI is InChI=1S/C21H30N2O6S2/c1-5-28-20-12-11-19(13-21(20)29-6-2)31(26,27)22-14-17-7-9-18(10-8-17)15-30(24,25)23-16(3)4/h7-13,16,22-23H,5-6,14-15H2,1-4H3. The van der Waals surface area contributed by atoms with Gasteiger partial charge >= 0.3 is 0 Å². The van der Waals surface area contributed by atoms with Gasteiger partial charge in [-0.25, -0.2) is 26.3 Å². The van der Waals surface area contributed by atoms with Gasteiger partial charge in [0.15, 0.2) is 11.5 Å². The highest BCUT2D eigenvalue weighted by atomic mass is 32.2. The zero-order valence-electron chi connectivity index (χ0n) is 18.2. The van der Waals surface area contributed by atoms with Crippen LogP contribution in [-0.2, 0) is 32.3 Å². The fourth-order valence-electron chi connectivity index (χ4n) is 2.83. The van der Waals surface area contributed by atoms with Gasteiger partial charge in [-0.05, 0) is 51.0 Å². The fraction of sp³-hybridized carbons (Fsp3) is 0.429. The molecule has 0 aromatic heterocycles. The molecule has 0 saturated heterocycles. The van der Waals surface area contributed by atoms with Crippen molar-refractivity contribution >= 4 is 20.0 Å². The zero-order chi connectivity index (χ0) is 23.1. The zero-order valence-corrected chi connectivity index (χ0v) is 19.8. The molecule has 0 aliphatic carbocycles. The monoisotopic (exact) mass is 470 g/mol. The van der Waals surface area contributed by atoms with Crippen LogP contribution in [0.5, 0.6) is 11.5 Å². The molecule has 31 heavy (non-hydrogen) atoms. The molecule has 0 spiro atoms. The molecule has 0 saturated carbocycles. The summed E-state index contributed by atoms with van der Waals surface area (Å²) in [5, 5.41) is 0. The van der Waals surface area contributed by atoms with E-state index in [2.05, 4.69) is 9.44 Å². The second-order valence-corrected chi connectivity index (χ2v) is 10.7. The Balaban J connectivity index is 2.07. The third-order valence-electron chi connectivity index (χ3n) is 4.09. The highest BCUT2D eigenvalue weighted by molar-refractivity contribution is 7.89. The number of hydrogen-bond donors (Lipinski definition) is 2. The molecule has 10 heteroatoms. The second-order valence-electron chi connectivity index (χ2n) is 7.15. The Kier molecular flexibility index (Phi) is 8.87. The normalized spacial score (nSPS) is 12.2. The summed E-state index contributed by atoms with van der Waals surface area (Å²) in [5.41, 5.74) is 1.32. The van der Waals surface area contributed by atoms with Gasteiger partial charge in [-0.2, -0.15) is 0 Å². The maximum Gasteiger partial charge on any atom is 0.241 e. The van der Waals surface area contributed by atoms with Crippen LogP contribution in [0.4, 0.5) is 0 Å². The van der Waals surface area contributed by atoms with Crippen LogP contribution in [0.2, 0.25) is 0 Å². The van der Waals surface area contributed by atoms with Crippen LogP contribution in [0.25, 0.3) is 0 Å². The first-order chi connectivity index (χ1) is 14.6. The summed E-state index contributed by atoms with van der Waals surface area (Å²) in [5.74, 6) is 0.720. The van der Waals surface area contributed by atoms with E-state index in [1.165, 1.54) is 12.1 Å². The minimum Gasteiger partial charge on any atom is -0.490 e. The molecular weight excluding hydrogens is 440 g/mol. The van der Waals surface area contributed by atoms with Crippen LogP contribution < -0.4 is 18.9 Å². The molecule has 2 aromatic carbocycles. The topological polar surface area (TPSA) is 111 Å². The van der Waals surface area contributed by atoms with Crippen molar-refractivity contribution in [2.45, 2.75) is 50.9 Å². The highest BCUT2D eigenvalue weighted by Gasteiger charge is 2.18. The van der Waals surface area contributed by atoms with Gasteiger partial charge in [0.05, 0.1) is 23.9 Å². The number of nitrogens with one attached hydrogen (secondary N) is 2. The average Bonchev–Trinajstić information content (AvgIpc) is 2.68. The van der Waals surface area contributed by atoms with Crippen LogP contribution >= 0.6 is 0 Å². The van der Waals surface area contributed by atoms with Gasteiger partial charge in [-0.1, -0.05) is 24.3 Å². The Bertz CT molecular complexity index is 1070. The lowest BCUT2D eigenvalue weighted by Crippen LogP contribution is -2.31. The molecule has 0 bridgehead atoms. The molecule has 0 fully saturated rings. The fourth-order valence-corrected chi connectivity index (χ4v) is 5.30. The van der Waals surface area contributed by atoms with Gasteiger partial charge < -0.3 is 9.47 Å². The van der Waals surface area contributed by atoms with E-state index in [1.54, 1.807) is 44.2 Å². The van der Waals surface area contributed by atoms with E-state index in [0.717, 1.165) is 0 Å². The smallest absolute Gasteiger partial charge is 0.241 e. The van der Waals surface area contributed by atoms with E-state index in [9.17, 15) is 16.8 Å². The number of benzene rings is 2. The summed E-state index contributed by atoms with van der Waals surface area (Å²) in [4.78, 5) is 0.0712. The molecule has 2 aromatic rings. The molecule has 2 rings (SSSR count). The molecule has 0 amide bonds. The van der Waals surface area contributed by atoms with E-state index in [0.29, 0.717) is 35.8 Å². The predicted octanol–water partition coefficient (Wildman–Crippen LogP) is 2.79. The average molecular weight is 471 g/mol. The van der Waals surface area contributed by atoms with Crippen molar-refractivity contribution in [2.75, 3.05) is 13.2 Å². The lowest BCUT2D eigenvalue weighted by Gasteiger charge is -2.13. The summed E-state index contributed by atoms with van der Waals surface area (Å²) in [6.45, 7) is 8.05. The quantitative estimate of drug-likeness (QED) is 0.494. The van der Waals surface area contributed by atoms with Gasteiger partial charge in [0.2, 0.25) is 20.0 Å². The van der Waals surface area contributed by atoms with E-state index >= 15 is 0 Å². The molecular formula is C21H30N2O6S2. The number of ether oxygens (including phenoxy) is 2. The van der Waals surface area contributed by atoms with Crippen LogP contribution in [0, 0.1) is 0 Å². The van der Waals surface area contributed by atoms with Crippen molar-refractivity contribution in [3.63, 3.8) is 0 Å². The number of hydrogen-bond acceptors (Lipinski definition) is 6. The van der Waals surface area contributed by atoms with Gasteiger partial charge in [0, 0.05) is 18.7 Å². The van der Waals surface area contributed by atoms with E-state index in [1.807, 2.05) is 13.8 Å².